The predicted octanol–water partition coefficient (Wildman–Crippen LogP) is 4.93. The summed E-state index contributed by atoms with van der Waals surface area (Å²) in [5.41, 5.74) is 1.61. The van der Waals surface area contributed by atoms with Crippen LogP contribution in [0.25, 0.3) is 10.9 Å². The number of sulfonamides is 1. The average Bonchev–Trinajstić information content (AvgIpc) is 3.27. The zero-order chi connectivity index (χ0) is 26.0. The second kappa shape index (κ2) is 10.0. The van der Waals surface area contributed by atoms with Crippen molar-refractivity contribution in [1.82, 2.24) is 4.57 Å². The Labute approximate surface area is 213 Å². The molecule has 0 atom stereocenters. The Hall–Kier alpha value is -3.82. The molecule has 0 aliphatic rings. The van der Waals surface area contributed by atoms with Crippen LogP contribution in [0.4, 0.5) is 5.69 Å². The zero-order valence-electron chi connectivity index (χ0n) is 19.8. The van der Waals surface area contributed by atoms with Gasteiger partial charge in [-0.05, 0) is 43.3 Å². The molecule has 0 amide bonds. The lowest BCUT2D eigenvalue weighted by Gasteiger charge is -2.26. The van der Waals surface area contributed by atoms with Crippen LogP contribution in [0.15, 0.2) is 77.8 Å². The van der Waals surface area contributed by atoms with Crippen LogP contribution in [-0.2, 0) is 14.8 Å². The van der Waals surface area contributed by atoms with Crippen LogP contribution < -0.4 is 9.04 Å². The highest BCUT2D eigenvalue weighted by Crippen LogP contribution is 2.35. The van der Waals surface area contributed by atoms with Crippen molar-refractivity contribution >= 4 is 50.1 Å². The van der Waals surface area contributed by atoms with Gasteiger partial charge in [0.1, 0.15) is 12.3 Å². The molecule has 0 aliphatic carbocycles. The molecular formula is C26H23ClN2O6S. The van der Waals surface area contributed by atoms with E-state index < -0.39 is 28.4 Å². The summed E-state index contributed by atoms with van der Waals surface area (Å²) in [5.74, 6) is -0.993. The third-order valence-electron chi connectivity index (χ3n) is 5.68. The number of ether oxygens (including phenoxy) is 2. The first-order valence-corrected chi connectivity index (χ1v) is 12.6. The Morgan fingerprint density at radius 3 is 2.36 bits per heavy atom. The molecule has 0 saturated carbocycles. The molecule has 0 fully saturated rings. The number of carbonyl (C=O) groups is 2. The zero-order valence-corrected chi connectivity index (χ0v) is 21.3. The Morgan fingerprint density at radius 1 is 1.00 bits per heavy atom. The van der Waals surface area contributed by atoms with Gasteiger partial charge in [0.2, 0.25) is 0 Å². The van der Waals surface area contributed by atoms with Crippen LogP contribution in [0.5, 0.6) is 5.75 Å². The smallest absolute Gasteiger partial charge is 0.340 e. The minimum Gasteiger partial charge on any atom is -0.495 e. The van der Waals surface area contributed by atoms with Crippen molar-refractivity contribution in [2.75, 3.05) is 25.1 Å². The number of nitrogens with zero attached hydrogens (tertiary/aromatic N) is 2. The first-order valence-electron chi connectivity index (χ1n) is 10.8. The lowest BCUT2D eigenvalue weighted by Crippen LogP contribution is -2.37. The van der Waals surface area contributed by atoms with Crippen LogP contribution in [0, 0.1) is 6.92 Å². The molecule has 3 aromatic carbocycles. The molecule has 186 valence electrons. The highest BCUT2D eigenvalue weighted by molar-refractivity contribution is 7.92. The summed E-state index contributed by atoms with van der Waals surface area (Å²) in [6.45, 7) is 1.25. The standard InChI is InChI=1S/C26H23ClN2O6S/c1-17-8-11-19(12-9-17)36(32,33)29(23-14-18(27)10-13-24(23)34-2)16-25(30)28-15-21(26(31)35-3)20-6-4-5-7-22(20)28/h4-15H,16H2,1-3H3. The topological polar surface area (TPSA) is 94.9 Å². The van der Waals surface area contributed by atoms with E-state index in [9.17, 15) is 18.0 Å². The fraction of sp³-hybridized carbons (Fsp3) is 0.154. The van der Waals surface area contributed by atoms with Gasteiger partial charge in [0.25, 0.3) is 15.9 Å². The first-order chi connectivity index (χ1) is 17.2. The number of methoxy groups -OCH3 is 2. The molecule has 1 heterocycles. The lowest BCUT2D eigenvalue weighted by molar-refractivity contribution is 0.0603. The van der Waals surface area contributed by atoms with Crippen LogP contribution in [0.2, 0.25) is 5.02 Å². The fourth-order valence-corrected chi connectivity index (χ4v) is 5.44. The van der Waals surface area contributed by atoms with Crippen LogP contribution in [0.3, 0.4) is 0 Å². The minimum atomic E-state index is -4.22. The van der Waals surface area contributed by atoms with Gasteiger partial charge >= 0.3 is 5.97 Å². The molecule has 8 nitrogen and oxygen atoms in total. The van der Waals surface area contributed by atoms with Crippen molar-refractivity contribution in [3.8, 4) is 5.75 Å². The Bertz CT molecular complexity index is 1560. The highest BCUT2D eigenvalue weighted by atomic mass is 35.5. The van der Waals surface area contributed by atoms with E-state index in [1.165, 1.54) is 49.2 Å². The number of rotatable bonds is 7. The SMILES string of the molecule is COC(=O)c1cn(C(=O)CN(c2cc(Cl)ccc2OC)S(=O)(=O)c2ccc(C)cc2)c2ccccc12. The second-order valence-corrected chi connectivity index (χ2v) is 10.3. The number of halogens is 1. The average molecular weight is 527 g/mol. The number of aromatic nitrogens is 1. The lowest BCUT2D eigenvalue weighted by atomic mass is 10.2. The van der Waals surface area contributed by atoms with Gasteiger partial charge in [0.05, 0.1) is 35.9 Å². The number of hydrogen-bond donors (Lipinski definition) is 0. The first kappa shape index (κ1) is 25.3. The molecule has 0 spiro atoms. The van der Waals surface area contributed by atoms with Crippen molar-refractivity contribution in [3.63, 3.8) is 0 Å². The summed E-state index contributed by atoms with van der Waals surface area (Å²) in [5, 5.41) is 0.771. The number of hydrogen-bond acceptors (Lipinski definition) is 6. The van der Waals surface area contributed by atoms with Gasteiger partial charge in [-0.1, -0.05) is 47.5 Å². The van der Waals surface area contributed by atoms with Gasteiger partial charge in [-0.2, -0.15) is 0 Å². The molecule has 0 saturated heterocycles. The molecule has 4 rings (SSSR count). The Kier molecular flexibility index (Phi) is 7.05. The molecule has 0 unspecified atom stereocenters. The van der Waals surface area contributed by atoms with Crippen LogP contribution >= 0.6 is 11.6 Å². The van der Waals surface area contributed by atoms with E-state index in [0.29, 0.717) is 10.9 Å². The van der Waals surface area contributed by atoms with E-state index in [1.54, 1.807) is 42.5 Å². The largest absolute Gasteiger partial charge is 0.495 e. The molecule has 1 aromatic heterocycles. The maximum atomic E-state index is 13.8. The van der Waals surface area contributed by atoms with Crippen molar-refractivity contribution < 1.29 is 27.5 Å². The molecular weight excluding hydrogens is 504 g/mol. The van der Waals surface area contributed by atoms with E-state index in [0.717, 1.165) is 9.87 Å². The van der Waals surface area contributed by atoms with E-state index >= 15 is 0 Å². The van der Waals surface area contributed by atoms with Gasteiger partial charge in [0.15, 0.2) is 0 Å². The van der Waals surface area contributed by atoms with E-state index in [4.69, 9.17) is 21.1 Å². The monoisotopic (exact) mass is 526 g/mol. The molecule has 0 N–H and O–H groups in total. The quantitative estimate of drug-likeness (QED) is 0.317. The summed E-state index contributed by atoms with van der Waals surface area (Å²) in [6.07, 6.45) is 1.35. The Balaban J connectivity index is 1.86. The van der Waals surface area contributed by atoms with Crippen molar-refractivity contribution in [1.29, 1.82) is 0 Å². The number of carbonyl (C=O) groups excluding carboxylic acids is 2. The maximum absolute atomic E-state index is 13.8. The van der Waals surface area contributed by atoms with Crippen molar-refractivity contribution in [3.05, 3.63) is 89.1 Å². The number of anilines is 1. The van der Waals surface area contributed by atoms with E-state index in [1.807, 2.05) is 6.92 Å². The number of esters is 1. The van der Waals surface area contributed by atoms with Crippen molar-refractivity contribution in [2.45, 2.75) is 11.8 Å². The summed E-state index contributed by atoms with van der Waals surface area (Å²) in [4.78, 5) is 25.9. The summed E-state index contributed by atoms with van der Waals surface area (Å²) < 4.78 is 40.1. The van der Waals surface area contributed by atoms with E-state index in [-0.39, 0.29) is 26.9 Å². The molecule has 0 radical (unpaired) electrons. The van der Waals surface area contributed by atoms with Crippen LogP contribution in [0.1, 0.15) is 20.7 Å². The van der Waals surface area contributed by atoms with Crippen molar-refractivity contribution in [2.24, 2.45) is 0 Å². The molecule has 36 heavy (non-hydrogen) atoms. The van der Waals surface area contributed by atoms with Crippen LogP contribution in [-0.4, -0.2) is 45.6 Å². The summed E-state index contributed by atoms with van der Waals surface area (Å²) in [7, 11) is -1.58. The number of fused-ring (bicyclic) bond motifs is 1. The molecule has 0 aliphatic heterocycles. The second-order valence-electron chi connectivity index (χ2n) is 7.96. The third kappa shape index (κ3) is 4.67. The minimum absolute atomic E-state index is 0.00413. The molecule has 10 heteroatoms. The van der Waals surface area contributed by atoms with E-state index in [2.05, 4.69) is 0 Å². The summed E-state index contributed by atoms with van der Waals surface area (Å²) >= 11 is 6.20. The van der Waals surface area contributed by atoms with Gasteiger partial charge < -0.3 is 9.47 Å². The normalized spacial score (nSPS) is 11.3. The predicted molar refractivity (Wildman–Crippen MR) is 138 cm³/mol. The summed E-state index contributed by atoms with van der Waals surface area (Å²) in [6, 6.07) is 17.6. The third-order valence-corrected chi connectivity index (χ3v) is 7.69. The van der Waals surface area contributed by atoms with Gasteiger partial charge in [-0.3, -0.25) is 13.7 Å². The van der Waals surface area contributed by atoms with Gasteiger partial charge in [0, 0.05) is 16.6 Å². The molecule has 0 bridgehead atoms. The number of aryl methyl sites for hydroxylation is 1. The molecule has 4 aromatic rings. The Morgan fingerprint density at radius 2 is 1.69 bits per heavy atom. The highest BCUT2D eigenvalue weighted by Gasteiger charge is 2.31. The fourth-order valence-electron chi connectivity index (χ4n) is 3.85. The maximum Gasteiger partial charge on any atom is 0.340 e. The number of para-hydroxylation sites is 1. The van der Waals surface area contributed by atoms with Gasteiger partial charge in [-0.25, -0.2) is 13.2 Å². The van der Waals surface area contributed by atoms with Gasteiger partial charge in [-0.15, -0.1) is 0 Å². The number of benzene rings is 3.